The smallest absolute Gasteiger partial charge is 0.00163 e. The molecule has 0 aromatic heterocycles. The number of aryl methyl sites for hydroxylation is 1. The van der Waals surface area contributed by atoms with Gasteiger partial charge in [-0.25, -0.2) is 0 Å². The molecule has 2 unspecified atom stereocenters. The Morgan fingerprint density at radius 2 is 2.23 bits per heavy atom. The Balaban J connectivity index is 2.18. The van der Waals surface area contributed by atoms with Crippen LogP contribution in [0.15, 0.2) is 24.3 Å². The maximum absolute atomic E-state index is 5.83. The van der Waals surface area contributed by atoms with Crippen LogP contribution >= 0.6 is 0 Å². The third-order valence-corrected chi connectivity index (χ3v) is 2.91. The van der Waals surface area contributed by atoms with Gasteiger partial charge in [0.25, 0.3) is 0 Å². The fourth-order valence-corrected chi connectivity index (χ4v) is 2.34. The largest absolute Gasteiger partial charge is 0.328 e. The van der Waals surface area contributed by atoms with E-state index in [4.69, 9.17) is 5.73 Å². The summed E-state index contributed by atoms with van der Waals surface area (Å²) in [5.41, 5.74) is 8.91. The average molecular weight is 175 g/mol. The Labute approximate surface area is 80.0 Å². The minimum absolute atomic E-state index is 0.330. The molecular formula is C12H17N. The summed E-state index contributed by atoms with van der Waals surface area (Å²) in [4.78, 5) is 0. The Morgan fingerprint density at radius 3 is 3.00 bits per heavy atom. The lowest BCUT2D eigenvalue weighted by Crippen LogP contribution is -2.17. The van der Waals surface area contributed by atoms with Gasteiger partial charge < -0.3 is 5.73 Å². The molecule has 0 aliphatic heterocycles. The van der Waals surface area contributed by atoms with E-state index in [1.165, 1.54) is 18.4 Å². The van der Waals surface area contributed by atoms with Gasteiger partial charge in [-0.05, 0) is 43.2 Å². The van der Waals surface area contributed by atoms with Crippen LogP contribution in [0, 0.1) is 0 Å². The quantitative estimate of drug-likeness (QED) is 0.734. The molecule has 0 spiro atoms. The molecule has 1 aromatic rings. The summed E-state index contributed by atoms with van der Waals surface area (Å²) in [6.45, 7) is 2.10. The normalized spacial score (nSPS) is 22.8. The second-order valence-corrected chi connectivity index (χ2v) is 4.15. The molecule has 2 rings (SSSR count). The molecule has 0 amide bonds. The summed E-state index contributed by atoms with van der Waals surface area (Å²) >= 11 is 0. The number of hydrogen-bond donors (Lipinski definition) is 1. The average Bonchev–Trinajstić information content (AvgIpc) is 2.48. The van der Waals surface area contributed by atoms with Crippen molar-refractivity contribution in [3.63, 3.8) is 0 Å². The van der Waals surface area contributed by atoms with Crippen molar-refractivity contribution in [2.45, 2.75) is 38.1 Å². The highest BCUT2D eigenvalue weighted by Crippen LogP contribution is 2.35. The molecule has 1 aliphatic carbocycles. The zero-order valence-electron chi connectivity index (χ0n) is 8.16. The lowest BCUT2D eigenvalue weighted by molar-refractivity contribution is 0.550. The molecule has 70 valence electrons. The number of rotatable bonds is 2. The van der Waals surface area contributed by atoms with Gasteiger partial charge >= 0.3 is 0 Å². The molecule has 13 heavy (non-hydrogen) atoms. The molecule has 0 saturated heterocycles. The van der Waals surface area contributed by atoms with Gasteiger partial charge in [-0.2, -0.15) is 0 Å². The van der Waals surface area contributed by atoms with Gasteiger partial charge in [0.05, 0.1) is 0 Å². The van der Waals surface area contributed by atoms with Crippen LogP contribution in [-0.4, -0.2) is 6.04 Å². The second-order valence-electron chi connectivity index (χ2n) is 4.15. The van der Waals surface area contributed by atoms with Gasteiger partial charge in [0, 0.05) is 6.04 Å². The number of benzene rings is 1. The topological polar surface area (TPSA) is 26.0 Å². The zero-order chi connectivity index (χ0) is 9.26. The second kappa shape index (κ2) is 3.51. The molecule has 1 aliphatic rings. The van der Waals surface area contributed by atoms with E-state index in [-0.39, 0.29) is 0 Å². The van der Waals surface area contributed by atoms with Crippen molar-refractivity contribution in [1.82, 2.24) is 0 Å². The van der Waals surface area contributed by atoms with Gasteiger partial charge in [0.1, 0.15) is 0 Å². The Bertz CT molecular complexity index is 291. The Morgan fingerprint density at radius 1 is 1.46 bits per heavy atom. The summed E-state index contributed by atoms with van der Waals surface area (Å²) in [7, 11) is 0. The highest BCUT2D eigenvalue weighted by atomic mass is 14.6. The SMILES string of the molecule is CC(N)CC1CCc2ccccc21. The molecule has 0 bridgehead atoms. The van der Waals surface area contributed by atoms with Crippen LogP contribution in [0.2, 0.25) is 0 Å². The van der Waals surface area contributed by atoms with E-state index in [1.54, 1.807) is 5.56 Å². The summed E-state index contributed by atoms with van der Waals surface area (Å²) in [6, 6.07) is 9.10. The first-order valence-corrected chi connectivity index (χ1v) is 5.11. The van der Waals surface area contributed by atoms with E-state index in [2.05, 4.69) is 31.2 Å². The van der Waals surface area contributed by atoms with Gasteiger partial charge in [0.2, 0.25) is 0 Å². The molecule has 1 nitrogen and oxygen atoms in total. The van der Waals surface area contributed by atoms with Gasteiger partial charge in [0.15, 0.2) is 0 Å². The van der Waals surface area contributed by atoms with Crippen LogP contribution in [0.25, 0.3) is 0 Å². The first-order chi connectivity index (χ1) is 6.27. The number of hydrogen-bond acceptors (Lipinski definition) is 1. The van der Waals surface area contributed by atoms with Crippen LogP contribution in [0.1, 0.15) is 36.8 Å². The predicted octanol–water partition coefficient (Wildman–Crippen LogP) is 2.45. The van der Waals surface area contributed by atoms with Crippen molar-refractivity contribution < 1.29 is 0 Å². The highest BCUT2D eigenvalue weighted by molar-refractivity contribution is 5.34. The van der Waals surface area contributed by atoms with E-state index in [0.717, 1.165) is 12.3 Å². The van der Waals surface area contributed by atoms with Crippen molar-refractivity contribution in [2.75, 3.05) is 0 Å². The molecule has 1 heteroatoms. The minimum atomic E-state index is 0.330. The lowest BCUT2D eigenvalue weighted by Gasteiger charge is -2.13. The Hall–Kier alpha value is -0.820. The number of fused-ring (bicyclic) bond motifs is 1. The summed E-state index contributed by atoms with van der Waals surface area (Å²) in [5, 5.41) is 0. The van der Waals surface area contributed by atoms with Gasteiger partial charge in [-0.3, -0.25) is 0 Å². The molecule has 0 fully saturated rings. The van der Waals surface area contributed by atoms with Crippen molar-refractivity contribution >= 4 is 0 Å². The van der Waals surface area contributed by atoms with Crippen LogP contribution < -0.4 is 5.73 Å². The molecular weight excluding hydrogens is 158 g/mol. The van der Waals surface area contributed by atoms with E-state index in [1.807, 2.05) is 0 Å². The fourth-order valence-electron chi connectivity index (χ4n) is 2.34. The maximum atomic E-state index is 5.83. The molecule has 0 saturated carbocycles. The van der Waals surface area contributed by atoms with Crippen LogP contribution in [0.3, 0.4) is 0 Å². The fraction of sp³-hybridized carbons (Fsp3) is 0.500. The molecule has 2 atom stereocenters. The van der Waals surface area contributed by atoms with Crippen molar-refractivity contribution in [2.24, 2.45) is 5.73 Å². The van der Waals surface area contributed by atoms with E-state index < -0.39 is 0 Å². The van der Waals surface area contributed by atoms with Crippen molar-refractivity contribution in [3.05, 3.63) is 35.4 Å². The molecule has 0 heterocycles. The molecule has 0 radical (unpaired) electrons. The van der Waals surface area contributed by atoms with Crippen LogP contribution in [0.4, 0.5) is 0 Å². The summed E-state index contributed by atoms with van der Waals surface area (Å²) in [5.74, 6) is 0.719. The Kier molecular flexibility index (Phi) is 2.36. The van der Waals surface area contributed by atoms with E-state index >= 15 is 0 Å². The lowest BCUT2D eigenvalue weighted by atomic mass is 9.95. The van der Waals surface area contributed by atoms with Gasteiger partial charge in [-0.1, -0.05) is 24.3 Å². The third kappa shape index (κ3) is 1.75. The third-order valence-electron chi connectivity index (χ3n) is 2.91. The van der Waals surface area contributed by atoms with Crippen molar-refractivity contribution in [3.8, 4) is 0 Å². The minimum Gasteiger partial charge on any atom is -0.328 e. The molecule has 1 aromatic carbocycles. The summed E-state index contributed by atoms with van der Waals surface area (Å²) in [6.07, 6.45) is 3.67. The zero-order valence-corrected chi connectivity index (χ0v) is 8.16. The number of nitrogens with two attached hydrogens (primary N) is 1. The standard InChI is InChI=1S/C12H17N/c1-9(13)8-11-7-6-10-4-2-3-5-12(10)11/h2-5,9,11H,6-8,13H2,1H3. The van der Waals surface area contributed by atoms with Crippen LogP contribution in [-0.2, 0) is 6.42 Å². The van der Waals surface area contributed by atoms with Crippen molar-refractivity contribution in [1.29, 1.82) is 0 Å². The molecule has 2 N–H and O–H groups in total. The van der Waals surface area contributed by atoms with E-state index in [9.17, 15) is 0 Å². The predicted molar refractivity (Wildman–Crippen MR) is 55.8 cm³/mol. The van der Waals surface area contributed by atoms with Gasteiger partial charge in [-0.15, -0.1) is 0 Å². The first kappa shape index (κ1) is 8.76. The monoisotopic (exact) mass is 175 g/mol. The van der Waals surface area contributed by atoms with E-state index in [0.29, 0.717) is 6.04 Å². The summed E-state index contributed by atoms with van der Waals surface area (Å²) < 4.78 is 0. The van der Waals surface area contributed by atoms with Crippen LogP contribution in [0.5, 0.6) is 0 Å². The maximum Gasteiger partial charge on any atom is 0.00163 e. The first-order valence-electron chi connectivity index (χ1n) is 5.11. The highest BCUT2D eigenvalue weighted by Gasteiger charge is 2.22.